The van der Waals surface area contributed by atoms with Gasteiger partial charge in [0.05, 0.1) is 6.20 Å². The van der Waals surface area contributed by atoms with Gasteiger partial charge in [-0.05, 0) is 12.8 Å². The van der Waals surface area contributed by atoms with Crippen LogP contribution in [-0.2, 0) is 7.05 Å². The molecule has 1 saturated carbocycles. The summed E-state index contributed by atoms with van der Waals surface area (Å²) in [7, 11) is 1.77. The van der Waals surface area contributed by atoms with Gasteiger partial charge >= 0.3 is 0 Å². The first-order valence-electron chi connectivity index (χ1n) is 5.53. The van der Waals surface area contributed by atoms with E-state index in [9.17, 15) is 4.79 Å². The van der Waals surface area contributed by atoms with Crippen molar-refractivity contribution < 1.29 is 4.79 Å². The van der Waals surface area contributed by atoms with Crippen molar-refractivity contribution in [2.75, 3.05) is 0 Å². The second kappa shape index (κ2) is 3.76. The molecular weight excluding hydrogens is 190 g/mol. The van der Waals surface area contributed by atoms with Gasteiger partial charge in [-0.2, -0.15) is 0 Å². The molecule has 4 nitrogen and oxygen atoms in total. The van der Waals surface area contributed by atoms with Crippen LogP contribution in [0.4, 0.5) is 0 Å². The first kappa shape index (κ1) is 10.3. The zero-order chi connectivity index (χ0) is 10.9. The molecule has 0 unspecified atom stereocenters. The highest BCUT2D eigenvalue weighted by molar-refractivity contribution is 5.98. The molecule has 1 fully saturated rings. The fraction of sp³-hybridized carbons (Fsp3) is 0.727. The van der Waals surface area contributed by atoms with E-state index < -0.39 is 0 Å². The van der Waals surface area contributed by atoms with Crippen LogP contribution in [-0.4, -0.2) is 20.8 Å². The monoisotopic (exact) mass is 207 g/mol. The number of hydrogen-bond acceptors (Lipinski definition) is 3. The van der Waals surface area contributed by atoms with Gasteiger partial charge in [-0.15, -0.1) is 5.10 Å². The van der Waals surface area contributed by atoms with Gasteiger partial charge in [0, 0.05) is 12.5 Å². The molecule has 82 valence electrons. The maximum atomic E-state index is 12.3. The standard InChI is InChI=1S/C11H17N3O/c1-11(6-4-3-5-7-11)10(15)9-8-12-13-14(9)2/h8H,3-7H2,1-2H3. The Hall–Kier alpha value is -1.19. The lowest BCUT2D eigenvalue weighted by molar-refractivity contribution is 0.0739. The first-order chi connectivity index (χ1) is 7.13. The Balaban J connectivity index is 2.23. The number of carbonyl (C=O) groups excluding carboxylic acids is 1. The Morgan fingerprint density at radius 1 is 1.40 bits per heavy atom. The molecule has 0 N–H and O–H groups in total. The van der Waals surface area contributed by atoms with Crippen LogP contribution in [0.2, 0.25) is 0 Å². The summed E-state index contributed by atoms with van der Waals surface area (Å²) < 4.78 is 1.57. The predicted molar refractivity (Wildman–Crippen MR) is 56.5 cm³/mol. The summed E-state index contributed by atoms with van der Waals surface area (Å²) in [5, 5.41) is 7.57. The fourth-order valence-corrected chi connectivity index (χ4v) is 2.36. The van der Waals surface area contributed by atoms with Crippen LogP contribution in [0.25, 0.3) is 0 Å². The van der Waals surface area contributed by atoms with Crippen LogP contribution in [0.3, 0.4) is 0 Å². The summed E-state index contributed by atoms with van der Waals surface area (Å²) in [6.07, 6.45) is 7.14. The Labute approximate surface area is 89.7 Å². The van der Waals surface area contributed by atoms with Gasteiger partial charge < -0.3 is 0 Å². The molecule has 0 aromatic carbocycles. The number of Topliss-reactive ketones (excluding diaryl/α,β-unsaturated/α-hetero) is 1. The molecule has 1 aliphatic rings. The summed E-state index contributed by atoms with van der Waals surface area (Å²) in [5.41, 5.74) is 0.452. The van der Waals surface area contributed by atoms with E-state index in [0.29, 0.717) is 5.69 Å². The SMILES string of the molecule is Cn1nncc1C(=O)C1(C)CCCCC1. The van der Waals surface area contributed by atoms with Crippen molar-refractivity contribution in [3.05, 3.63) is 11.9 Å². The quantitative estimate of drug-likeness (QED) is 0.696. The zero-order valence-electron chi connectivity index (χ0n) is 9.36. The fourth-order valence-electron chi connectivity index (χ4n) is 2.36. The molecule has 0 spiro atoms. The lowest BCUT2D eigenvalue weighted by atomic mass is 9.72. The number of carbonyl (C=O) groups is 1. The lowest BCUT2D eigenvalue weighted by Gasteiger charge is -2.31. The summed E-state index contributed by atoms with van der Waals surface area (Å²) in [6, 6.07) is 0. The second-order valence-corrected chi connectivity index (χ2v) is 4.69. The molecule has 1 heterocycles. The van der Waals surface area contributed by atoms with E-state index in [1.807, 2.05) is 0 Å². The number of nitrogens with zero attached hydrogens (tertiary/aromatic N) is 3. The predicted octanol–water partition coefficient (Wildman–Crippen LogP) is 1.97. The minimum Gasteiger partial charge on any atom is -0.292 e. The number of aryl methyl sites for hydroxylation is 1. The summed E-state index contributed by atoms with van der Waals surface area (Å²) >= 11 is 0. The normalized spacial score (nSPS) is 20.1. The van der Waals surface area contributed by atoms with E-state index >= 15 is 0 Å². The van der Waals surface area contributed by atoms with Crippen LogP contribution >= 0.6 is 0 Å². The maximum absolute atomic E-state index is 12.3. The lowest BCUT2D eigenvalue weighted by Crippen LogP contribution is -2.31. The molecule has 15 heavy (non-hydrogen) atoms. The van der Waals surface area contributed by atoms with Crippen molar-refractivity contribution >= 4 is 5.78 Å². The molecule has 0 atom stereocenters. The molecular formula is C11H17N3O. The smallest absolute Gasteiger partial charge is 0.188 e. The van der Waals surface area contributed by atoms with Gasteiger partial charge in [0.1, 0.15) is 5.69 Å². The summed E-state index contributed by atoms with van der Waals surface area (Å²) in [5.74, 6) is 0.203. The molecule has 2 rings (SSSR count). The third-order valence-electron chi connectivity index (χ3n) is 3.45. The van der Waals surface area contributed by atoms with Crippen molar-refractivity contribution in [3.63, 3.8) is 0 Å². The Kier molecular flexibility index (Phi) is 2.59. The van der Waals surface area contributed by atoms with E-state index in [1.54, 1.807) is 17.9 Å². The molecule has 0 saturated heterocycles. The third-order valence-corrected chi connectivity index (χ3v) is 3.45. The van der Waals surface area contributed by atoms with E-state index in [1.165, 1.54) is 6.42 Å². The van der Waals surface area contributed by atoms with E-state index in [-0.39, 0.29) is 11.2 Å². The van der Waals surface area contributed by atoms with Gasteiger partial charge in [0.15, 0.2) is 5.78 Å². The number of hydrogen-bond donors (Lipinski definition) is 0. The molecule has 0 bridgehead atoms. The molecule has 0 amide bonds. The van der Waals surface area contributed by atoms with Crippen molar-refractivity contribution in [2.45, 2.75) is 39.0 Å². The molecule has 0 aliphatic heterocycles. The average molecular weight is 207 g/mol. The van der Waals surface area contributed by atoms with Gasteiger partial charge in [0.2, 0.25) is 0 Å². The number of ketones is 1. The maximum Gasteiger partial charge on any atom is 0.188 e. The third kappa shape index (κ3) is 1.80. The molecule has 4 heteroatoms. The van der Waals surface area contributed by atoms with Crippen molar-refractivity contribution in [3.8, 4) is 0 Å². The van der Waals surface area contributed by atoms with Gasteiger partial charge in [-0.25, -0.2) is 4.68 Å². The Morgan fingerprint density at radius 3 is 2.60 bits per heavy atom. The molecule has 0 radical (unpaired) electrons. The number of rotatable bonds is 2. The van der Waals surface area contributed by atoms with Crippen LogP contribution in [0, 0.1) is 5.41 Å². The topological polar surface area (TPSA) is 47.8 Å². The minimum absolute atomic E-state index is 0.187. The summed E-state index contributed by atoms with van der Waals surface area (Å²) in [6.45, 7) is 2.07. The Morgan fingerprint density at radius 2 is 2.07 bits per heavy atom. The second-order valence-electron chi connectivity index (χ2n) is 4.69. The Bertz CT molecular complexity index is 364. The highest BCUT2D eigenvalue weighted by Crippen LogP contribution is 2.38. The molecule has 1 aromatic heterocycles. The average Bonchev–Trinajstić information content (AvgIpc) is 2.64. The highest BCUT2D eigenvalue weighted by atomic mass is 16.1. The van der Waals surface area contributed by atoms with Crippen molar-refractivity contribution in [1.82, 2.24) is 15.0 Å². The highest BCUT2D eigenvalue weighted by Gasteiger charge is 2.36. The number of aromatic nitrogens is 3. The van der Waals surface area contributed by atoms with Crippen LogP contribution in [0.5, 0.6) is 0 Å². The minimum atomic E-state index is -0.187. The van der Waals surface area contributed by atoms with E-state index in [0.717, 1.165) is 25.7 Å². The van der Waals surface area contributed by atoms with Crippen LogP contribution in [0.1, 0.15) is 49.5 Å². The van der Waals surface area contributed by atoms with E-state index in [2.05, 4.69) is 17.2 Å². The van der Waals surface area contributed by atoms with Gasteiger partial charge in [-0.3, -0.25) is 4.79 Å². The van der Waals surface area contributed by atoms with Crippen LogP contribution < -0.4 is 0 Å². The van der Waals surface area contributed by atoms with E-state index in [4.69, 9.17) is 0 Å². The first-order valence-corrected chi connectivity index (χ1v) is 5.53. The largest absolute Gasteiger partial charge is 0.292 e. The van der Waals surface area contributed by atoms with Gasteiger partial charge in [0.25, 0.3) is 0 Å². The van der Waals surface area contributed by atoms with Crippen molar-refractivity contribution in [1.29, 1.82) is 0 Å². The van der Waals surface area contributed by atoms with Gasteiger partial charge in [-0.1, -0.05) is 31.4 Å². The molecule has 1 aromatic rings. The van der Waals surface area contributed by atoms with Crippen LogP contribution in [0.15, 0.2) is 6.20 Å². The summed E-state index contributed by atoms with van der Waals surface area (Å²) in [4.78, 5) is 12.3. The van der Waals surface area contributed by atoms with Crippen molar-refractivity contribution in [2.24, 2.45) is 12.5 Å². The zero-order valence-corrected chi connectivity index (χ0v) is 9.36. The molecule has 1 aliphatic carbocycles.